The second-order valence-corrected chi connectivity index (χ2v) is 21.7. The Kier molecular flexibility index (Phi) is 7.51. The van der Waals surface area contributed by atoms with Crippen LogP contribution in [-0.4, -0.2) is 6.71 Å². The van der Waals surface area contributed by atoms with Gasteiger partial charge in [0, 0.05) is 48.5 Å². The topological polar surface area (TPSA) is 6.48 Å². The van der Waals surface area contributed by atoms with E-state index >= 15 is 0 Å². The molecule has 0 radical (unpaired) electrons. The largest absolute Gasteiger partial charge is 0.311 e. The second-order valence-electron chi connectivity index (χ2n) is 20.2. The zero-order valence-corrected chi connectivity index (χ0v) is 35.2. The quantitative estimate of drug-likeness (QED) is 0.163. The van der Waals surface area contributed by atoms with Crippen molar-refractivity contribution in [2.24, 2.45) is 0 Å². The van der Waals surface area contributed by atoms with Crippen LogP contribution in [0.1, 0.15) is 129 Å². The Bertz CT molecular complexity index is 2290. The first-order chi connectivity index (χ1) is 24.8. The van der Waals surface area contributed by atoms with Gasteiger partial charge in [0.2, 0.25) is 0 Å². The highest BCUT2D eigenvalue weighted by molar-refractivity contribution is 7.29. The maximum atomic E-state index is 7.33. The summed E-state index contributed by atoms with van der Waals surface area (Å²) in [5.74, 6) is 0. The van der Waals surface area contributed by atoms with Gasteiger partial charge in [-0.05, 0) is 123 Å². The first-order valence-corrected chi connectivity index (χ1v) is 20.9. The van der Waals surface area contributed by atoms with Gasteiger partial charge in [-0.1, -0.05) is 124 Å². The molecule has 2 bridgehead atoms. The molecule has 272 valence electrons. The van der Waals surface area contributed by atoms with E-state index in [9.17, 15) is 0 Å². The number of hydrogen-bond donors (Lipinski definition) is 0. The van der Waals surface area contributed by atoms with Gasteiger partial charge in [-0.3, -0.25) is 0 Å². The van der Waals surface area contributed by atoms with Crippen molar-refractivity contribution < 1.29 is 0 Å². The molecule has 10 rings (SSSR count). The molecule has 0 amide bonds. The van der Waals surface area contributed by atoms with E-state index in [0.29, 0.717) is 0 Å². The maximum absolute atomic E-state index is 7.33. The number of anilines is 6. The zero-order chi connectivity index (χ0) is 37.6. The summed E-state index contributed by atoms with van der Waals surface area (Å²) in [5, 5.41) is 0.770. The smallest absolute Gasteiger partial charge is 0.264 e. The molecule has 1 saturated carbocycles. The predicted octanol–water partition coefficient (Wildman–Crippen LogP) is 12.5. The van der Waals surface area contributed by atoms with Gasteiger partial charge in [0.05, 0.1) is 5.69 Å². The van der Waals surface area contributed by atoms with E-state index in [2.05, 4.69) is 176 Å². The van der Waals surface area contributed by atoms with Crippen molar-refractivity contribution in [3.05, 3.63) is 111 Å². The minimum Gasteiger partial charge on any atom is -0.311 e. The van der Waals surface area contributed by atoms with Crippen molar-refractivity contribution in [2.75, 3.05) is 9.80 Å². The minimum atomic E-state index is 0.0183. The molecule has 0 N–H and O–H groups in total. The minimum absolute atomic E-state index is 0.0183. The first-order valence-electron chi connectivity index (χ1n) is 19.8. The Morgan fingerprint density at radius 1 is 0.585 bits per heavy atom. The van der Waals surface area contributed by atoms with Crippen LogP contribution < -0.4 is 25.5 Å². The van der Waals surface area contributed by atoms with Crippen molar-refractivity contribution in [1.82, 2.24) is 0 Å². The molecular weight excluding hydrogens is 683 g/mol. The van der Waals surface area contributed by atoms with E-state index in [-0.39, 0.29) is 33.8 Å². The van der Waals surface area contributed by atoms with E-state index in [1.807, 2.05) is 0 Å². The predicted molar refractivity (Wildman–Crippen MR) is 233 cm³/mol. The normalized spacial score (nSPS) is 21.7. The van der Waals surface area contributed by atoms with Crippen LogP contribution in [0.25, 0.3) is 0 Å². The van der Waals surface area contributed by atoms with Gasteiger partial charge in [-0.25, -0.2) is 0 Å². The number of hydrogen-bond acceptors (Lipinski definition) is 3. The Balaban J connectivity index is 1.38. The van der Waals surface area contributed by atoms with Crippen LogP contribution in [0.2, 0.25) is 5.02 Å². The van der Waals surface area contributed by atoms with Gasteiger partial charge < -0.3 is 9.80 Å². The molecule has 5 aliphatic rings. The molecule has 1 fully saturated rings. The Hall–Kier alpha value is -3.47. The van der Waals surface area contributed by atoms with Crippen molar-refractivity contribution in [2.45, 2.75) is 129 Å². The molecule has 53 heavy (non-hydrogen) atoms. The number of benzene rings is 4. The lowest BCUT2D eigenvalue weighted by Gasteiger charge is -2.51. The fraction of sp³-hybridized carbons (Fsp3) is 0.417. The molecule has 0 unspecified atom stereocenters. The molecule has 1 aromatic heterocycles. The number of thiophene rings is 1. The van der Waals surface area contributed by atoms with E-state index in [0.717, 1.165) is 5.02 Å². The maximum Gasteiger partial charge on any atom is 0.264 e. The highest BCUT2D eigenvalue weighted by atomic mass is 35.5. The third-order valence-corrected chi connectivity index (χ3v) is 15.1. The average Bonchev–Trinajstić information content (AvgIpc) is 3.51. The lowest BCUT2D eigenvalue weighted by atomic mass is 9.35. The van der Waals surface area contributed by atoms with Crippen molar-refractivity contribution in [3.63, 3.8) is 0 Å². The fourth-order valence-electron chi connectivity index (χ4n) is 9.83. The Morgan fingerprint density at radius 3 is 1.58 bits per heavy atom. The molecule has 0 atom stereocenters. The zero-order valence-electron chi connectivity index (χ0n) is 33.6. The van der Waals surface area contributed by atoms with Crippen LogP contribution in [0.4, 0.5) is 34.1 Å². The second kappa shape index (κ2) is 11.3. The lowest BCUT2D eigenvalue weighted by Crippen LogP contribution is -2.61. The monoisotopic (exact) mass is 736 g/mol. The summed E-state index contributed by atoms with van der Waals surface area (Å²) in [6, 6.07) is 30.5. The number of halogens is 1. The molecule has 0 saturated heterocycles. The van der Waals surface area contributed by atoms with Gasteiger partial charge >= 0.3 is 0 Å². The Labute approximate surface area is 327 Å². The third-order valence-electron chi connectivity index (χ3n) is 13.3. The van der Waals surface area contributed by atoms with Gasteiger partial charge in [0.25, 0.3) is 6.71 Å². The molecular formula is C48H54BClN2S. The highest BCUT2D eigenvalue weighted by Gasteiger charge is 2.55. The summed E-state index contributed by atoms with van der Waals surface area (Å²) in [6.07, 6.45) is 5.04. The van der Waals surface area contributed by atoms with Crippen LogP contribution in [0.5, 0.6) is 0 Å². The molecule has 4 aromatic carbocycles. The Morgan fingerprint density at radius 2 is 1.06 bits per heavy atom. The SMILES string of the molecule is CC(C)(C)c1ccc(N2c3ccc(C(C)(C)C)cc3B3c4sc5c(c4N(c4ccc(C(C)(C)C)cc4)c4cc(Cl)cc2c43)C2(C)CCC5(C)CC2)cc1. The standard InChI is InChI=1S/C48H54BClN2S/c1-44(2,3)29-12-17-33(18-13-29)51-36-21-16-31(46(7,8)9)26-35(36)49-40-37(51)27-32(50)28-38(40)52(34-19-14-30(15-20-34)45(4,5)6)41-39-42(53-43(41)49)48(11)24-22-47(39,10)23-25-48/h12-21,26-28H,22-25H2,1-11H3. The van der Waals surface area contributed by atoms with Crippen molar-refractivity contribution in [3.8, 4) is 0 Å². The molecule has 3 aliphatic carbocycles. The van der Waals surface area contributed by atoms with E-state index in [1.165, 1.54) is 92.2 Å². The molecule has 2 nitrogen and oxygen atoms in total. The van der Waals surface area contributed by atoms with Gasteiger partial charge in [-0.2, -0.15) is 11.3 Å². The highest BCUT2D eigenvalue weighted by Crippen LogP contribution is 2.62. The van der Waals surface area contributed by atoms with Crippen LogP contribution in [0.3, 0.4) is 0 Å². The fourth-order valence-corrected chi connectivity index (χ4v) is 11.8. The number of nitrogens with zero attached hydrogens (tertiary/aromatic N) is 2. The van der Waals surface area contributed by atoms with E-state index in [1.54, 1.807) is 10.4 Å². The van der Waals surface area contributed by atoms with Gasteiger partial charge in [0.1, 0.15) is 0 Å². The summed E-state index contributed by atoms with van der Waals surface area (Å²) >= 11 is 9.46. The first kappa shape index (κ1) is 35.2. The van der Waals surface area contributed by atoms with Crippen LogP contribution in [0, 0.1) is 0 Å². The van der Waals surface area contributed by atoms with Gasteiger partial charge in [-0.15, -0.1) is 0 Å². The van der Waals surface area contributed by atoms with E-state index in [4.69, 9.17) is 11.6 Å². The van der Waals surface area contributed by atoms with Crippen LogP contribution in [-0.2, 0) is 27.1 Å². The summed E-state index contributed by atoms with van der Waals surface area (Å²) in [5.41, 5.74) is 16.5. The summed E-state index contributed by atoms with van der Waals surface area (Å²) in [4.78, 5) is 6.77. The molecule has 3 heterocycles. The molecule has 0 spiro atoms. The number of fused-ring (bicyclic) bond motifs is 6. The summed E-state index contributed by atoms with van der Waals surface area (Å²) < 4.78 is 1.50. The van der Waals surface area contributed by atoms with Crippen molar-refractivity contribution in [1.29, 1.82) is 0 Å². The van der Waals surface area contributed by atoms with Gasteiger partial charge in [0.15, 0.2) is 0 Å². The molecule has 5 heteroatoms. The van der Waals surface area contributed by atoms with Crippen molar-refractivity contribution >= 4 is 79.5 Å². The van der Waals surface area contributed by atoms with Crippen LogP contribution in [0.15, 0.2) is 78.9 Å². The van der Waals surface area contributed by atoms with E-state index < -0.39 is 0 Å². The number of rotatable bonds is 2. The average molecular weight is 737 g/mol. The third kappa shape index (κ3) is 5.25. The van der Waals surface area contributed by atoms with Crippen LogP contribution >= 0.6 is 22.9 Å². The summed E-state index contributed by atoms with van der Waals surface area (Å²) in [7, 11) is 0. The molecule has 5 aromatic rings. The molecule has 2 aliphatic heterocycles. The lowest BCUT2D eigenvalue weighted by molar-refractivity contribution is 0.193. The summed E-state index contributed by atoms with van der Waals surface area (Å²) in [6.45, 7) is 26.0.